The Bertz CT molecular complexity index is 935. The van der Waals surface area contributed by atoms with Crippen LogP contribution in [0.3, 0.4) is 0 Å². The molecule has 1 aliphatic carbocycles. The van der Waals surface area contributed by atoms with Gasteiger partial charge in [-0.05, 0) is 55.6 Å². The molecule has 28 heavy (non-hydrogen) atoms. The summed E-state index contributed by atoms with van der Waals surface area (Å²) in [6, 6.07) is 30.2. The lowest BCUT2D eigenvalue weighted by atomic mass is 10.2. The van der Waals surface area contributed by atoms with Gasteiger partial charge in [0, 0.05) is 30.8 Å². The average Bonchev–Trinajstić information content (AvgIpc) is 3.18. The standard InChI is InChI=1S/C25H25N2P/c1-27(2)21-18-16-20(17-19-21)26-24-14-9-15-25(24)28(22-10-5-3-6-11-22)23-12-7-4-8-13-23/h3-8,10-13,15-19H,9,14H2,1-2H3. The lowest BCUT2D eigenvalue weighted by molar-refractivity contribution is 1.13. The van der Waals surface area contributed by atoms with Gasteiger partial charge in [-0.3, -0.25) is 4.99 Å². The van der Waals surface area contributed by atoms with Crippen molar-refractivity contribution in [3.05, 3.63) is 96.3 Å². The third-order valence-corrected chi connectivity index (χ3v) is 7.47. The van der Waals surface area contributed by atoms with E-state index >= 15 is 0 Å². The van der Waals surface area contributed by atoms with Crippen LogP contribution in [0.2, 0.25) is 0 Å². The fourth-order valence-corrected chi connectivity index (χ4v) is 6.01. The van der Waals surface area contributed by atoms with Gasteiger partial charge in [0.1, 0.15) is 0 Å². The molecule has 3 heteroatoms. The summed E-state index contributed by atoms with van der Waals surface area (Å²) in [5.74, 6) is 0. The Balaban J connectivity index is 1.72. The molecule has 4 rings (SSSR count). The van der Waals surface area contributed by atoms with Gasteiger partial charge < -0.3 is 4.90 Å². The van der Waals surface area contributed by atoms with Crippen molar-refractivity contribution in [1.29, 1.82) is 0 Å². The normalized spacial score (nSPS) is 15.1. The van der Waals surface area contributed by atoms with Gasteiger partial charge in [0.05, 0.1) is 5.69 Å². The molecule has 3 aromatic carbocycles. The van der Waals surface area contributed by atoms with Crippen LogP contribution < -0.4 is 15.5 Å². The molecule has 0 spiro atoms. The molecule has 0 atom stereocenters. The number of allylic oxidation sites excluding steroid dienone is 2. The molecule has 0 bridgehead atoms. The summed E-state index contributed by atoms with van der Waals surface area (Å²) < 4.78 is 0. The molecular formula is C25H25N2P. The molecule has 140 valence electrons. The van der Waals surface area contributed by atoms with Crippen molar-refractivity contribution in [1.82, 2.24) is 0 Å². The minimum atomic E-state index is -0.582. The maximum atomic E-state index is 5.06. The van der Waals surface area contributed by atoms with E-state index in [1.165, 1.54) is 27.3 Å². The summed E-state index contributed by atoms with van der Waals surface area (Å²) in [7, 11) is 3.54. The lowest BCUT2D eigenvalue weighted by Gasteiger charge is -2.21. The third-order valence-electron chi connectivity index (χ3n) is 4.91. The van der Waals surface area contributed by atoms with E-state index in [9.17, 15) is 0 Å². The van der Waals surface area contributed by atoms with Crippen LogP contribution in [0.1, 0.15) is 12.8 Å². The smallest absolute Gasteiger partial charge is 0.0634 e. The first-order valence-corrected chi connectivity index (χ1v) is 11.0. The zero-order chi connectivity index (χ0) is 19.3. The highest BCUT2D eigenvalue weighted by Gasteiger charge is 2.25. The van der Waals surface area contributed by atoms with Gasteiger partial charge in [-0.1, -0.05) is 66.7 Å². The van der Waals surface area contributed by atoms with Gasteiger partial charge in [0.25, 0.3) is 0 Å². The molecular weight excluding hydrogens is 359 g/mol. The number of hydrogen-bond acceptors (Lipinski definition) is 2. The molecule has 0 aliphatic heterocycles. The van der Waals surface area contributed by atoms with Crippen LogP contribution in [0, 0.1) is 0 Å². The van der Waals surface area contributed by atoms with E-state index in [2.05, 4.69) is 110 Å². The average molecular weight is 384 g/mol. The molecule has 0 saturated heterocycles. The molecule has 0 saturated carbocycles. The topological polar surface area (TPSA) is 15.6 Å². The van der Waals surface area contributed by atoms with Crippen LogP contribution in [0.25, 0.3) is 0 Å². The SMILES string of the molecule is CN(C)c1ccc(N=C2CCC=C2P(c2ccccc2)c2ccccc2)cc1. The number of hydrogen-bond donors (Lipinski definition) is 0. The molecule has 1 aliphatic rings. The van der Waals surface area contributed by atoms with Crippen LogP contribution >= 0.6 is 7.92 Å². The van der Waals surface area contributed by atoms with E-state index in [0.717, 1.165) is 18.5 Å². The summed E-state index contributed by atoms with van der Waals surface area (Å²) in [5.41, 5.74) is 3.46. The number of benzene rings is 3. The Morgan fingerprint density at radius 1 is 0.750 bits per heavy atom. The van der Waals surface area contributed by atoms with E-state index in [1.54, 1.807) is 0 Å². The van der Waals surface area contributed by atoms with Crippen LogP contribution in [0.4, 0.5) is 11.4 Å². The minimum absolute atomic E-state index is 0.582. The number of anilines is 1. The van der Waals surface area contributed by atoms with E-state index in [1.807, 2.05) is 0 Å². The van der Waals surface area contributed by atoms with Crippen molar-refractivity contribution in [2.24, 2.45) is 4.99 Å². The highest BCUT2D eigenvalue weighted by molar-refractivity contribution is 7.78. The van der Waals surface area contributed by atoms with Crippen molar-refractivity contribution in [3.8, 4) is 0 Å². The number of rotatable bonds is 5. The molecule has 0 radical (unpaired) electrons. The first-order valence-electron chi connectivity index (χ1n) is 9.68. The van der Waals surface area contributed by atoms with Crippen molar-refractivity contribution in [2.75, 3.05) is 19.0 Å². The number of nitrogens with zero attached hydrogens (tertiary/aromatic N) is 2. The Morgan fingerprint density at radius 2 is 1.32 bits per heavy atom. The van der Waals surface area contributed by atoms with E-state index in [-0.39, 0.29) is 0 Å². The highest BCUT2D eigenvalue weighted by atomic mass is 31.1. The van der Waals surface area contributed by atoms with Crippen molar-refractivity contribution < 1.29 is 0 Å². The monoisotopic (exact) mass is 384 g/mol. The molecule has 0 unspecified atom stereocenters. The fourth-order valence-electron chi connectivity index (χ4n) is 3.49. The van der Waals surface area contributed by atoms with Crippen molar-refractivity contribution in [2.45, 2.75) is 12.8 Å². The predicted molar refractivity (Wildman–Crippen MR) is 124 cm³/mol. The molecule has 3 aromatic rings. The summed E-state index contributed by atoms with van der Waals surface area (Å²) in [5, 5.41) is 4.17. The van der Waals surface area contributed by atoms with Gasteiger partial charge >= 0.3 is 0 Å². The maximum absolute atomic E-state index is 5.06. The Hall–Kier alpha value is -2.70. The minimum Gasteiger partial charge on any atom is -0.378 e. The Kier molecular flexibility index (Phi) is 5.69. The maximum Gasteiger partial charge on any atom is 0.0634 e. The second kappa shape index (κ2) is 8.54. The first kappa shape index (κ1) is 18.7. The van der Waals surface area contributed by atoms with Gasteiger partial charge in [-0.25, -0.2) is 0 Å². The van der Waals surface area contributed by atoms with Gasteiger partial charge in [-0.2, -0.15) is 0 Å². The Morgan fingerprint density at radius 3 is 1.86 bits per heavy atom. The van der Waals surface area contributed by atoms with Gasteiger partial charge in [-0.15, -0.1) is 0 Å². The van der Waals surface area contributed by atoms with Crippen molar-refractivity contribution >= 4 is 35.6 Å². The third kappa shape index (κ3) is 4.08. The zero-order valence-corrected chi connectivity index (χ0v) is 17.3. The van der Waals surface area contributed by atoms with Crippen LogP contribution in [-0.2, 0) is 0 Å². The van der Waals surface area contributed by atoms with E-state index in [0.29, 0.717) is 0 Å². The molecule has 0 aromatic heterocycles. The summed E-state index contributed by atoms with van der Waals surface area (Å²) in [6.07, 6.45) is 4.49. The largest absolute Gasteiger partial charge is 0.378 e. The van der Waals surface area contributed by atoms with Crippen LogP contribution in [0.15, 0.2) is 101 Å². The van der Waals surface area contributed by atoms with Gasteiger partial charge in [0.2, 0.25) is 0 Å². The van der Waals surface area contributed by atoms with Crippen LogP contribution in [-0.4, -0.2) is 19.8 Å². The summed E-state index contributed by atoms with van der Waals surface area (Å²) >= 11 is 0. The quantitative estimate of drug-likeness (QED) is 0.520. The number of aliphatic imine (C=N–C) groups is 1. The molecule has 2 nitrogen and oxygen atoms in total. The van der Waals surface area contributed by atoms with Crippen LogP contribution in [0.5, 0.6) is 0 Å². The molecule has 0 amide bonds. The second-order valence-corrected chi connectivity index (χ2v) is 9.29. The first-order chi connectivity index (χ1) is 13.7. The predicted octanol–water partition coefficient (Wildman–Crippen LogP) is 5.64. The molecule has 0 fully saturated rings. The summed E-state index contributed by atoms with van der Waals surface area (Å²) in [4.78, 5) is 7.17. The fraction of sp³-hybridized carbons (Fsp3) is 0.160. The molecule has 0 heterocycles. The van der Waals surface area contributed by atoms with E-state index < -0.39 is 7.92 Å². The second-order valence-electron chi connectivity index (χ2n) is 7.10. The zero-order valence-electron chi connectivity index (χ0n) is 16.4. The van der Waals surface area contributed by atoms with E-state index in [4.69, 9.17) is 4.99 Å². The Labute approximate surface area is 169 Å². The van der Waals surface area contributed by atoms with Gasteiger partial charge in [0.15, 0.2) is 0 Å². The van der Waals surface area contributed by atoms with Crippen molar-refractivity contribution in [3.63, 3.8) is 0 Å². The summed E-state index contributed by atoms with van der Waals surface area (Å²) in [6.45, 7) is 0. The highest BCUT2D eigenvalue weighted by Crippen LogP contribution is 2.47. The lowest BCUT2D eigenvalue weighted by Crippen LogP contribution is -2.15. The molecule has 0 N–H and O–H groups in total.